The number of halogens is 2. The maximum absolute atomic E-state index is 13.5. The highest BCUT2D eigenvalue weighted by molar-refractivity contribution is 5.61. The molecule has 7 atom stereocenters. The maximum Gasteiger partial charge on any atom is 0.150 e. The highest BCUT2D eigenvalue weighted by atomic mass is 19.1. The van der Waals surface area contributed by atoms with Gasteiger partial charge >= 0.3 is 0 Å². The van der Waals surface area contributed by atoms with E-state index in [9.17, 15) is 19.0 Å². The molecular formula is C29H32F2N2O2. The molecule has 35 heavy (non-hydrogen) atoms. The molecule has 6 heteroatoms. The first kappa shape index (κ1) is 22.9. The Bertz CT molecular complexity index is 1260. The first-order valence-corrected chi connectivity index (χ1v) is 12.7. The summed E-state index contributed by atoms with van der Waals surface area (Å²) in [6.07, 6.45) is 8.11. The van der Waals surface area contributed by atoms with E-state index in [4.69, 9.17) is 0 Å². The van der Waals surface area contributed by atoms with Crippen LogP contribution in [0.3, 0.4) is 0 Å². The number of aliphatic hydroxyl groups excluding tert-OH is 1. The van der Waals surface area contributed by atoms with E-state index in [0.717, 1.165) is 42.6 Å². The zero-order valence-electron chi connectivity index (χ0n) is 20.3. The molecule has 0 saturated heterocycles. The minimum absolute atomic E-state index is 0.0828. The summed E-state index contributed by atoms with van der Waals surface area (Å²) in [5.41, 5.74) is 2.35. The quantitative estimate of drug-likeness (QED) is 0.577. The lowest BCUT2D eigenvalue weighted by Gasteiger charge is -2.60. The molecule has 1 aromatic carbocycles. The highest BCUT2D eigenvalue weighted by Gasteiger charge is 2.66. The molecule has 4 aliphatic rings. The van der Waals surface area contributed by atoms with Gasteiger partial charge in [-0.1, -0.05) is 31.3 Å². The van der Waals surface area contributed by atoms with Crippen molar-refractivity contribution in [3.05, 3.63) is 53.1 Å². The largest absolute Gasteiger partial charge is 0.393 e. The maximum atomic E-state index is 13.5. The SMILES string of the molecule is C[C@]12Cc3cnn(-c4ccc(F)cc4)c3C=C1CC[C@@H]1[C@@H]2[C@@H](O)C[C@@]2(C)[C@H]1CC[C@@]2(O)C#CC[18F]. The molecule has 2 aromatic rings. The van der Waals surface area contributed by atoms with E-state index >= 15 is 0 Å². The summed E-state index contributed by atoms with van der Waals surface area (Å²) < 4.78 is 28.2. The summed E-state index contributed by atoms with van der Waals surface area (Å²) in [6, 6.07) is 6.38. The van der Waals surface area contributed by atoms with Gasteiger partial charge in [0.15, 0.2) is 0 Å². The number of hydrogen-bond acceptors (Lipinski definition) is 3. The van der Waals surface area contributed by atoms with Gasteiger partial charge in [-0.2, -0.15) is 5.10 Å². The Labute approximate surface area is 205 Å². The van der Waals surface area contributed by atoms with E-state index in [2.05, 4.69) is 36.9 Å². The van der Waals surface area contributed by atoms with E-state index < -0.39 is 23.8 Å². The Balaban J connectivity index is 1.36. The summed E-state index contributed by atoms with van der Waals surface area (Å²) >= 11 is 0. The predicted octanol–water partition coefficient (Wildman–Crippen LogP) is 4.87. The van der Waals surface area contributed by atoms with Crippen LogP contribution in [0.1, 0.15) is 57.2 Å². The molecule has 1 aromatic heterocycles. The van der Waals surface area contributed by atoms with E-state index in [1.165, 1.54) is 17.7 Å². The Morgan fingerprint density at radius 2 is 1.97 bits per heavy atom. The van der Waals surface area contributed by atoms with Gasteiger partial charge in [0.05, 0.1) is 23.7 Å². The van der Waals surface area contributed by atoms with Gasteiger partial charge in [-0.15, -0.1) is 0 Å². The number of alkyl halides is 1. The van der Waals surface area contributed by atoms with Crippen molar-refractivity contribution in [1.82, 2.24) is 9.78 Å². The molecule has 0 radical (unpaired) electrons. The van der Waals surface area contributed by atoms with Gasteiger partial charge in [-0.3, -0.25) is 0 Å². The number of benzene rings is 1. The van der Waals surface area contributed by atoms with Gasteiger partial charge in [0.1, 0.15) is 18.1 Å². The number of aliphatic hydroxyl groups is 2. The summed E-state index contributed by atoms with van der Waals surface area (Å²) in [7, 11) is 0. The summed E-state index contributed by atoms with van der Waals surface area (Å²) in [5, 5.41) is 27.7. The zero-order valence-corrected chi connectivity index (χ0v) is 20.3. The van der Waals surface area contributed by atoms with E-state index in [1.54, 1.807) is 12.1 Å². The molecule has 3 fully saturated rings. The van der Waals surface area contributed by atoms with Crippen molar-refractivity contribution in [3.8, 4) is 17.5 Å². The van der Waals surface area contributed by atoms with Crippen molar-refractivity contribution in [2.24, 2.45) is 28.6 Å². The van der Waals surface area contributed by atoms with Crippen molar-refractivity contribution in [1.29, 1.82) is 0 Å². The molecule has 0 bridgehead atoms. The van der Waals surface area contributed by atoms with Gasteiger partial charge in [0, 0.05) is 5.41 Å². The van der Waals surface area contributed by atoms with Crippen LogP contribution in [0.4, 0.5) is 8.78 Å². The molecule has 0 amide bonds. The van der Waals surface area contributed by atoms with Crippen LogP contribution in [-0.2, 0) is 6.42 Å². The van der Waals surface area contributed by atoms with E-state index in [-0.39, 0.29) is 29.0 Å². The standard InChI is InChI=1S/C29H32F2N2O2/c1-27-15-18-17-32-33(21-7-5-20(31)6-8-21)24(18)14-19(27)4-9-22-23-10-12-29(35,11-3-13-30)28(23,2)16-25(34)26(22)27/h5-8,14,17,22-23,25-26,34-35H,4,9-10,12-13,15-16H2,1-2H3/t22-,23-,25-,26+,27-,28-,29-/m0/s1/i30-1. The van der Waals surface area contributed by atoms with Gasteiger partial charge < -0.3 is 10.2 Å². The van der Waals surface area contributed by atoms with Gasteiger partial charge in [0.2, 0.25) is 0 Å². The molecule has 0 aliphatic heterocycles. The second-order valence-electron chi connectivity index (χ2n) is 11.6. The third kappa shape index (κ3) is 3.14. The van der Waals surface area contributed by atoms with Crippen molar-refractivity contribution in [3.63, 3.8) is 0 Å². The Morgan fingerprint density at radius 1 is 1.20 bits per heavy atom. The van der Waals surface area contributed by atoms with Crippen molar-refractivity contribution in [2.45, 2.75) is 64.1 Å². The third-order valence-corrected chi connectivity index (χ3v) is 10.0. The van der Waals surface area contributed by atoms with Crippen LogP contribution in [0, 0.1) is 46.2 Å². The number of fused-ring (bicyclic) bond motifs is 6. The molecule has 1 heterocycles. The topological polar surface area (TPSA) is 58.3 Å². The van der Waals surface area contributed by atoms with Crippen LogP contribution in [0.25, 0.3) is 11.8 Å². The first-order valence-electron chi connectivity index (χ1n) is 12.7. The molecule has 6 rings (SSSR count). The van der Waals surface area contributed by atoms with Crippen molar-refractivity contribution < 1.29 is 19.0 Å². The smallest absolute Gasteiger partial charge is 0.150 e. The average molecular weight is 478 g/mol. The Kier molecular flexibility index (Phi) is 5.08. The Hall–Kier alpha value is -2.49. The second-order valence-corrected chi connectivity index (χ2v) is 11.6. The average Bonchev–Trinajstić information content (AvgIpc) is 3.33. The molecule has 0 spiro atoms. The highest BCUT2D eigenvalue weighted by Crippen LogP contribution is 2.67. The fourth-order valence-corrected chi connectivity index (χ4v) is 8.36. The van der Waals surface area contributed by atoms with Crippen molar-refractivity contribution >= 4 is 6.08 Å². The summed E-state index contributed by atoms with van der Waals surface area (Å²) in [6.45, 7) is 3.57. The molecule has 184 valence electrons. The minimum Gasteiger partial charge on any atom is -0.393 e. The van der Waals surface area contributed by atoms with Crippen LogP contribution in [0.2, 0.25) is 0 Å². The lowest BCUT2D eigenvalue weighted by Crippen LogP contribution is -2.59. The van der Waals surface area contributed by atoms with E-state index in [0.29, 0.717) is 12.8 Å². The molecule has 0 unspecified atom stereocenters. The number of hydrogen-bond donors (Lipinski definition) is 2. The monoisotopic (exact) mass is 477 g/mol. The fraction of sp³-hybridized carbons (Fsp3) is 0.552. The molecule has 3 saturated carbocycles. The number of aromatic nitrogens is 2. The lowest BCUT2D eigenvalue weighted by molar-refractivity contribution is -0.152. The summed E-state index contributed by atoms with van der Waals surface area (Å²) in [4.78, 5) is 0. The summed E-state index contributed by atoms with van der Waals surface area (Å²) in [5.74, 6) is 5.65. The Morgan fingerprint density at radius 3 is 2.71 bits per heavy atom. The van der Waals surface area contributed by atoms with Crippen LogP contribution >= 0.6 is 0 Å². The first-order chi connectivity index (χ1) is 16.7. The second kappa shape index (κ2) is 7.75. The molecular weight excluding hydrogens is 445 g/mol. The van der Waals surface area contributed by atoms with Crippen LogP contribution in [0.15, 0.2) is 36.0 Å². The van der Waals surface area contributed by atoms with Crippen LogP contribution < -0.4 is 0 Å². The third-order valence-electron chi connectivity index (χ3n) is 10.0. The van der Waals surface area contributed by atoms with Gasteiger partial charge in [-0.05, 0) is 97.6 Å². The fourth-order valence-electron chi connectivity index (χ4n) is 8.36. The number of nitrogens with zero attached hydrogens (tertiary/aromatic N) is 2. The number of allylic oxidation sites excluding steroid dienone is 1. The normalized spacial score (nSPS) is 39.4. The minimum atomic E-state index is -1.25. The predicted molar refractivity (Wildman–Crippen MR) is 130 cm³/mol. The molecule has 4 nitrogen and oxygen atoms in total. The lowest BCUT2D eigenvalue weighted by atomic mass is 9.45. The molecule has 2 N–H and O–H groups in total. The van der Waals surface area contributed by atoms with Gasteiger partial charge in [-0.25, -0.2) is 13.5 Å². The van der Waals surface area contributed by atoms with Crippen LogP contribution in [0.5, 0.6) is 0 Å². The number of rotatable bonds is 1. The zero-order chi connectivity index (χ0) is 24.6. The molecule has 4 aliphatic carbocycles. The van der Waals surface area contributed by atoms with E-state index in [1.807, 2.05) is 10.9 Å². The van der Waals surface area contributed by atoms with Crippen molar-refractivity contribution in [2.75, 3.05) is 6.67 Å². The van der Waals surface area contributed by atoms with Crippen LogP contribution in [-0.4, -0.2) is 38.4 Å². The van der Waals surface area contributed by atoms with Gasteiger partial charge in [0.25, 0.3) is 0 Å².